The molecule has 0 aliphatic heterocycles. The van der Waals surface area contributed by atoms with Gasteiger partial charge in [-0.2, -0.15) is 0 Å². The van der Waals surface area contributed by atoms with Gasteiger partial charge in [0.25, 0.3) is 11.8 Å². The van der Waals surface area contributed by atoms with Crippen molar-refractivity contribution in [2.24, 2.45) is 0 Å². The lowest BCUT2D eigenvalue weighted by Crippen LogP contribution is -2.43. The van der Waals surface area contributed by atoms with Crippen molar-refractivity contribution in [3.63, 3.8) is 0 Å². The second-order valence-electron chi connectivity index (χ2n) is 7.04. The Morgan fingerprint density at radius 2 is 1.28 bits per heavy atom. The van der Waals surface area contributed by atoms with Crippen molar-refractivity contribution in [1.82, 2.24) is 0 Å². The van der Waals surface area contributed by atoms with Crippen molar-refractivity contribution in [2.75, 3.05) is 26.4 Å². The van der Waals surface area contributed by atoms with E-state index in [0.29, 0.717) is 26.4 Å². The lowest BCUT2D eigenvalue weighted by atomic mass is 10.3. The van der Waals surface area contributed by atoms with Crippen molar-refractivity contribution < 1.29 is 28.3 Å². The number of rotatable bonds is 21. The molecule has 170 valence electrons. The van der Waals surface area contributed by atoms with Crippen molar-refractivity contribution in [1.29, 1.82) is 0 Å². The molecule has 0 bridgehead atoms. The zero-order valence-corrected chi connectivity index (χ0v) is 19.8. The molecule has 0 rings (SSSR count). The molecule has 0 fully saturated rings. The maximum absolute atomic E-state index is 12.8. The molecule has 0 aromatic rings. The van der Waals surface area contributed by atoms with Crippen LogP contribution >= 0.6 is 7.80 Å². The summed E-state index contributed by atoms with van der Waals surface area (Å²) in [6, 6.07) is 0. The third-order valence-corrected chi connectivity index (χ3v) is 5.82. The largest absolute Gasteiger partial charge is 0.451 e. The third kappa shape index (κ3) is 12.6. The van der Waals surface area contributed by atoms with E-state index < -0.39 is 25.1 Å². The average molecular weight is 434 g/mol. The summed E-state index contributed by atoms with van der Waals surface area (Å²) in [6.45, 7) is 13.5. The normalized spacial score (nSPS) is 13.3. The van der Waals surface area contributed by atoms with E-state index in [1.807, 2.05) is 6.92 Å². The lowest BCUT2D eigenvalue weighted by Gasteiger charge is -2.34. The molecule has 2 unspecified atom stereocenters. The van der Waals surface area contributed by atoms with Gasteiger partial charge in [0.2, 0.25) is 0 Å². The van der Waals surface area contributed by atoms with Crippen molar-refractivity contribution in [3.8, 4) is 0 Å². The first kappa shape index (κ1) is 28.4. The smallest absolute Gasteiger partial charge is 0.334 e. The van der Waals surface area contributed by atoms with Crippen molar-refractivity contribution in [2.45, 2.75) is 97.3 Å². The molecule has 0 N–H and O–H groups in total. The lowest BCUT2D eigenvalue weighted by molar-refractivity contribution is -0.387. The van der Waals surface area contributed by atoms with Gasteiger partial charge in [-0.1, -0.05) is 64.5 Å². The summed E-state index contributed by atoms with van der Waals surface area (Å²) in [4.78, 5) is 12.0. The zero-order chi connectivity index (χ0) is 22.0. The van der Waals surface area contributed by atoms with Gasteiger partial charge < -0.3 is 18.9 Å². The highest BCUT2D eigenvalue weighted by Crippen LogP contribution is 2.38. The molecule has 0 spiro atoms. The summed E-state index contributed by atoms with van der Waals surface area (Å²) in [5, 5.41) is 0. The molecule has 0 aliphatic carbocycles. The first-order chi connectivity index (χ1) is 14.0. The predicted octanol–water partition coefficient (Wildman–Crippen LogP) is 6.16. The number of hydrogen-bond acceptors (Lipinski definition) is 6. The Morgan fingerprint density at radius 1 is 0.862 bits per heavy atom. The third-order valence-electron chi connectivity index (χ3n) is 4.35. The summed E-state index contributed by atoms with van der Waals surface area (Å²) >= 11 is 0. The number of carbonyl (C=O) groups excluding carboxylic acids is 1. The van der Waals surface area contributed by atoms with Crippen LogP contribution in [0.2, 0.25) is 0 Å². The second-order valence-corrected chi connectivity index (χ2v) is 8.71. The van der Waals surface area contributed by atoms with E-state index in [1.165, 1.54) is 0 Å². The van der Waals surface area contributed by atoms with Crippen molar-refractivity contribution in [3.05, 3.63) is 12.7 Å². The molecule has 0 aromatic carbocycles. The Hall–Kier alpha value is -0.650. The van der Waals surface area contributed by atoms with Gasteiger partial charge in [0.15, 0.2) is 0 Å². The van der Waals surface area contributed by atoms with Crippen LogP contribution < -0.4 is 0 Å². The van der Waals surface area contributed by atoms with E-state index in [-0.39, 0.29) is 6.42 Å². The fourth-order valence-corrected chi connectivity index (χ4v) is 3.53. The van der Waals surface area contributed by atoms with Gasteiger partial charge in [-0.3, -0.25) is 0 Å². The van der Waals surface area contributed by atoms with Gasteiger partial charge in [-0.25, -0.2) is 4.79 Å². The first-order valence-corrected chi connectivity index (χ1v) is 12.5. The monoisotopic (exact) mass is 433 g/mol. The number of hydrogen-bond donors (Lipinski definition) is 0. The van der Waals surface area contributed by atoms with E-state index in [4.69, 9.17) is 18.9 Å². The molecule has 6 nitrogen and oxygen atoms in total. The minimum atomic E-state index is -2.31. The van der Waals surface area contributed by atoms with Gasteiger partial charge >= 0.3 is 13.3 Å². The number of unbranched alkanes of at least 4 members (excludes halogenated alkanes) is 4. The molecule has 0 radical (unpaired) electrons. The van der Waals surface area contributed by atoms with E-state index in [9.17, 15) is 9.36 Å². The standard InChI is InChI=1S/C22H42O6P/c1-6-11-15-25-21(29(24)20(23)10-5)19-22(26-16-12-7-2,27-17-13-8-3)28-18-14-9-4/h10,21H,5-9,11-19H2,1-4H3/q+1. The quantitative estimate of drug-likeness (QED) is 0.0934. The number of carbonyl (C=O) groups is 1. The Labute approximate surface area is 178 Å². The fourth-order valence-electron chi connectivity index (χ4n) is 2.44. The summed E-state index contributed by atoms with van der Waals surface area (Å²) < 4.78 is 36.8. The molecule has 0 aromatic heterocycles. The Bertz CT molecular complexity index is 428. The van der Waals surface area contributed by atoms with Crippen molar-refractivity contribution >= 4 is 13.3 Å². The van der Waals surface area contributed by atoms with Gasteiger partial charge in [0.1, 0.15) is 6.42 Å². The molecule has 0 saturated heterocycles. The van der Waals surface area contributed by atoms with Crippen LogP contribution in [0.3, 0.4) is 0 Å². The van der Waals surface area contributed by atoms with Crippen LogP contribution in [0.15, 0.2) is 12.7 Å². The molecular formula is C22H42O6P+. The van der Waals surface area contributed by atoms with Gasteiger partial charge in [0.05, 0.1) is 26.4 Å². The van der Waals surface area contributed by atoms with Crippen LogP contribution in [-0.4, -0.2) is 43.8 Å². The summed E-state index contributed by atoms with van der Waals surface area (Å²) in [5.74, 6) is -2.20. The molecule has 7 heteroatoms. The van der Waals surface area contributed by atoms with E-state index in [0.717, 1.165) is 57.4 Å². The number of ether oxygens (including phenoxy) is 4. The summed E-state index contributed by atoms with van der Waals surface area (Å²) in [5.41, 5.74) is -0.522. The Morgan fingerprint density at radius 3 is 1.66 bits per heavy atom. The molecule has 2 atom stereocenters. The van der Waals surface area contributed by atoms with E-state index in [1.54, 1.807) is 0 Å². The summed E-state index contributed by atoms with van der Waals surface area (Å²) in [7, 11) is -2.31. The summed E-state index contributed by atoms with van der Waals surface area (Å²) in [6.07, 6.45) is 8.42. The molecule has 0 heterocycles. The van der Waals surface area contributed by atoms with Gasteiger partial charge in [0, 0.05) is 6.08 Å². The van der Waals surface area contributed by atoms with E-state index in [2.05, 4.69) is 27.4 Å². The van der Waals surface area contributed by atoms with Gasteiger partial charge in [-0.15, -0.1) is 0 Å². The highest BCUT2D eigenvalue weighted by atomic mass is 31.1. The molecule has 0 amide bonds. The fraction of sp³-hybridized carbons (Fsp3) is 0.864. The minimum Gasteiger partial charge on any atom is -0.334 e. The molecular weight excluding hydrogens is 391 g/mol. The number of allylic oxidation sites excluding steroid dienone is 1. The first-order valence-electron chi connectivity index (χ1n) is 11.2. The Kier molecular flexibility index (Phi) is 17.7. The predicted molar refractivity (Wildman–Crippen MR) is 117 cm³/mol. The molecule has 29 heavy (non-hydrogen) atoms. The molecule has 0 saturated carbocycles. The maximum atomic E-state index is 12.8. The van der Waals surface area contributed by atoms with Crippen LogP contribution in [0.4, 0.5) is 0 Å². The van der Waals surface area contributed by atoms with E-state index >= 15 is 0 Å². The maximum Gasteiger partial charge on any atom is 0.451 e. The highest BCUT2D eigenvalue weighted by molar-refractivity contribution is 7.64. The van der Waals surface area contributed by atoms with Crippen LogP contribution in [-0.2, 0) is 28.3 Å². The topological polar surface area (TPSA) is 71.1 Å². The Balaban J connectivity index is 5.56. The van der Waals surface area contributed by atoms with Crippen LogP contribution in [0, 0.1) is 0 Å². The van der Waals surface area contributed by atoms with Crippen LogP contribution in [0.5, 0.6) is 0 Å². The van der Waals surface area contributed by atoms with Crippen LogP contribution in [0.25, 0.3) is 0 Å². The average Bonchev–Trinajstić information content (AvgIpc) is 2.72. The highest BCUT2D eigenvalue weighted by Gasteiger charge is 2.47. The SMILES string of the molecule is C=CC(=O)[P+](=O)C(CC(OCCCC)(OCCCC)OCCCC)OCCCC. The van der Waals surface area contributed by atoms with Gasteiger partial charge in [-0.05, 0) is 25.7 Å². The van der Waals surface area contributed by atoms with Crippen LogP contribution in [0.1, 0.15) is 85.5 Å². The second kappa shape index (κ2) is 18.1. The minimum absolute atomic E-state index is 0.0860. The molecule has 0 aliphatic rings. The zero-order valence-electron chi connectivity index (χ0n) is 19.0.